The van der Waals surface area contributed by atoms with Gasteiger partial charge < -0.3 is 10.0 Å². The summed E-state index contributed by atoms with van der Waals surface area (Å²) < 4.78 is 0. The molecule has 2 atom stereocenters. The smallest absolute Gasteiger partial charge is 0.346 e. The first-order chi connectivity index (χ1) is 5.04. The summed E-state index contributed by atoms with van der Waals surface area (Å²) in [6.07, 6.45) is -0.688. The maximum absolute atomic E-state index is 11.0. The second-order valence-corrected chi connectivity index (χ2v) is 2.80. The fourth-order valence-electron chi connectivity index (χ4n) is 1.04. The minimum absolute atomic E-state index is 0.0269. The largest absolute Gasteiger partial charge is 0.371 e. The van der Waals surface area contributed by atoms with E-state index in [-0.39, 0.29) is 6.04 Å². The van der Waals surface area contributed by atoms with Gasteiger partial charge in [0.2, 0.25) is 0 Å². The molecule has 1 fully saturated rings. The average Bonchev–Trinajstić information content (AvgIpc) is 1.97. The molecule has 0 radical (unpaired) electrons. The van der Waals surface area contributed by atoms with E-state index in [1.807, 2.05) is 6.92 Å². The Morgan fingerprint density at radius 3 is 2.73 bits per heavy atom. The highest BCUT2D eigenvalue weighted by atomic mass is 16.6. The maximum Gasteiger partial charge on any atom is 0.346 e. The molecule has 0 spiro atoms. The summed E-state index contributed by atoms with van der Waals surface area (Å²) >= 11 is 0. The highest BCUT2D eigenvalue weighted by molar-refractivity contribution is 5.74. The minimum atomic E-state index is -1.06. The molecule has 0 bridgehead atoms. The lowest BCUT2D eigenvalue weighted by atomic mass is 10.1. The van der Waals surface area contributed by atoms with Crippen LogP contribution in [0.1, 0.15) is 13.3 Å². The Bertz CT molecular complexity index is 157. The average molecular weight is 160 g/mol. The normalized spacial score (nSPS) is 32.9. The molecule has 0 saturated carbocycles. The van der Waals surface area contributed by atoms with Crippen molar-refractivity contribution in [2.75, 3.05) is 7.05 Å². The van der Waals surface area contributed by atoms with E-state index in [0.29, 0.717) is 11.5 Å². The molecule has 1 heterocycles. The summed E-state index contributed by atoms with van der Waals surface area (Å²) in [5.41, 5.74) is 0. The number of aliphatic hydroxyl groups is 1. The Hall–Kier alpha value is -0.810. The van der Waals surface area contributed by atoms with Crippen LogP contribution in [0.4, 0.5) is 4.79 Å². The second-order valence-electron chi connectivity index (χ2n) is 2.80. The van der Waals surface area contributed by atoms with Crippen molar-refractivity contribution in [1.82, 2.24) is 9.96 Å². The van der Waals surface area contributed by atoms with Crippen LogP contribution in [0.25, 0.3) is 0 Å². The molecule has 5 nitrogen and oxygen atoms in total. The Labute approximate surface area is 64.8 Å². The van der Waals surface area contributed by atoms with Crippen molar-refractivity contribution in [3.05, 3.63) is 0 Å². The van der Waals surface area contributed by atoms with Crippen LogP contribution in [-0.2, 0) is 0 Å². The number of hydrogen-bond acceptors (Lipinski definition) is 3. The Balaban J connectivity index is 2.71. The maximum atomic E-state index is 11.0. The van der Waals surface area contributed by atoms with Gasteiger partial charge in [0.05, 0.1) is 0 Å². The Morgan fingerprint density at radius 2 is 2.18 bits per heavy atom. The number of carbonyl (C=O) groups excluding carboxylic acids is 1. The minimum Gasteiger partial charge on any atom is -0.371 e. The quantitative estimate of drug-likeness (QED) is 0.484. The van der Waals surface area contributed by atoms with E-state index in [1.165, 1.54) is 4.90 Å². The van der Waals surface area contributed by atoms with Gasteiger partial charge in [0.1, 0.15) is 0 Å². The van der Waals surface area contributed by atoms with Crippen molar-refractivity contribution in [3.8, 4) is 0 Å². The van der Waals surface area contributed by atoms with Gasteiger partial charge in [-0.3, -0.25) is 5.21 Å². The molecule has 1 saturated heterocycles. The van der Waals surface area contributed by atoms with Gasteiger partial charge in [0.15, 0.2) is 6.23 Å². The van der Waals surface area contributed by atoms with Crippen LogP contribution in [-0.4, -0.2) is 45.6 Å². The van der Waals surface area contributed by atoms with Gasteiger partial charge in [-0.25, -0.2) is 4.79 Å². The van der Waals surface area contributed by atoms with E-state index in [2.05, 4.69) is 0 Å². The van der Waals surface area contributed by atoms with E-state index in [1.54, 1.807) is 7.05 Å². The van der Waals surface area contributed by atoms with E-state index in [0.717, 1.165) is 0 Å². The highest BCUT2D eigenvalue weighted by Crippen LogP contribution is 2.16. The summed E-state index contributed by atoms with van der Waals surface area (Å²) in [5, 5.41) is 18.3. The molecule has 0 aromatic rings. The summed E-state index contributed by atoms with van der Waals surface area (Å²) in [5.74, 6) is 0. The summed E-state index contributed by atoms with van der Waals surface area (Å²) in [6, 6.07) is -0.586. The third kappa shape index (κ3) is 1.29. The monoisotopic (exact) mass is 160 g/mol. The van der Waals surface area contributed by atoms with E-state index in [4.69, 9.17) is 10.3 Å². The van der Waals surface area contributed by atoms with Crippen molar-refractivity contribution in [1.29, 1.82) is 0 Å². The van der Waals surface area contributed by atoms with Crippen molar-refractivity contribution in [2.45, 2.75) is 25.6 Å². The van der Waals surface area contributed by atoms with Crippen molar-refractivity contribution >= 4 is 6.03 Å². The van der Waals surface area contributed by atoms with Crippen LogP contribution in [0.5, 0.6) is 0 Å². The van der Waals surface area contributed by atoms with Crippen LogP contribution < -0.4 is 0 Å². The van der Waals surface area contributed by atoms with Crippen LogP contribution >= 0.6 is 0 Å². The molecular formula is C6H12N2O3. The molecule has 64 valence electrons. The van der Waals surface area contributed by atoms with Crippen molar-refractivity contribution < 1.29 is 15.1 Å². The lowest BCUT2D eigenvalue weighted by Crippen LogP contribution is -2.54. The molecule has 11 heavy (non-hydrogen) atoms. The van der Waals surface area contributed by atoms with Crippen molar-refractivity contribution in [3.63, 3.8) is 0 Å². The lowest BCUT2D eigenvalue weighted by molar-refractivity contribution is -0.182. The standard InChI is InChI=1S/C6H12N2O3/c1-4-3-5(9)8(11)6(10)7(4)2/h4-5,9,11H,3H2,1-2H3. The fraction of sp³-hybridized carbons (Fsp3) is 0.833. The number of rotatable bonds is 0. The number of amides is 2. The van der Waals surface area contributed by atoms with Crippen molar-refractivity contribution in [2.24, 2.45) is 0 Å². The zero-order chi connectivity index (χ0) is 8.59. The molecule has 2 unspecified atom stereocenters. The lowest BCUT2D eigenvalue weighted by Gasteiger charge is -2.37. The molecule has 1 rings (SSSR count). The predicted octanol–water partition coefficient (Wildman–Crippen LogP) is -0.160. The number of aliphatic hydroxyl groups excluding tert-OH is 1. The number of hydrogen-bond donors (Lipinski definition) is 2. The van der Waals surface area contributed by atoms with Gasteiger partial charge in [0, 0.05) is 19.5 Å². The van der Waals surface area contributed by atoms with Gasteiger partial charge in [-0.05, 0) is 6.92 Å². The molecule has 0 aromatic heterocycles. The van der Waals surface area contributed by atoms with E-state index in [9.17, 15) is 4.79 Å². The number of urea groups is 1. The first-order valence-corrected chi connectivity index (χ1v) is 3.47. The van der Waals surface area contributed by atoms with E-state index >= 15 is 0 Å². The number of carbonyl (C=O) groups is 1. The third-order valence-corrected chi connectivity index (χ3v) is 1.99. The van der Waals surface area contributed by atoms with Crippen LogP contribution in [0.15, 0.2) is 0 Å². The molecule has 0 aliphatic carbocycles. The van der Waals surface area contributed by atoms with Gasteiger partial charge in [-0.1, -0.05) is 0 Å². The predicted molar refractivity (Wildman–Crippen MR) is 36.9 cm³/mol. The zero-order valence-electron chi connectivity index (χ0n) is 6.56. The van der Waals surface area contributed by atoms with E-state index < -0.39 is 12.3 Å². The zero-order valence-corrected chi connectivity index (χ0v) is 6.56. The Morgan fingerprint density at radius 1 is 1.64 bits per heavy atom. The molecule has 5 heteroatoms. The number of hydroxylamine groups is 2. The topological polar surface area (TPSA) is 64.0 Å². The summed E-state index contributed by atoms with van der Waals surface area (Å²) in [6.45, 7) is 1.81. The fourth-order valence-corrected chi connectivity index (χ4v) is 1.04. The van der Waals surface area contributed by atoms with Gasteiger partial charge in [-0.2, -0.15) is 5.06 Å². The summed E-state index contributed by atoms with van der Waals surface area (Å²) in [7, 11) is 1.59. The van der Waals surface area contributed by atoms with Crippen LogP contribution in [0.3, 0.4) is 0 Å². The molecular weight excluding hydrogens is 148 g/mol. The first-order valence-electron chi connectivity index (χ1n) is 3.47. The molecule has 1 aliphatic heterocycles. The molecule has 2 amide bonds. The van der Waals surface area contributed by atoms with Crippen LogP contribution in [0.2, 0.25) is 0 Å². The molecule has 2 N–H and O–H groups in total. The molecule has 1 aliphatic rings. The second kappa shape index (κ2) is 2.67. The SMILES string of the molecule is CC1CC(O)N(O)C(=O)N1C. The first kappa shape index (κ1) is 8.29. The Kier molecular flexibility index (Phi) is 2.01. The summed E-state index contributed by atoms with van der Waals surface area (Å²) in [4.78, 5) is 12.4. The third-order valence-electron chi connectivity index (χ3n) is 1.99. The highest BCUT2D eigenvalue weighted by Gasteiger charge is 2.33. The van der Waals surface area contributed by atoms with Gasteiger partial charge in [0.25, 0.3) is 0 Å². The van der Waals surface area contributed by atoms with Crippen LogP contribution in [0, 0.1) is 0 Å². The number of nitrogens with zero attached hydrogens (tertiary/aromatic N) is 2. The van der Waals surface area contributed by atoms with Gasteiger partial charge in [-0.15, -0.1) is 0 Å². The molecule has 0 aromatic carbocycles. The van der Waals surface area contributed by atoms with Gasteiger partial charge >= 0.3 is 6.03 Å².